The van der Waals surface area contributed by atoms with Gasteiger partial charge in [-0.05, 0) is 36.6 Å². The van der Waals surface area contributed by atoms with Crippen LogP contribution in [0.5, 0.6) is 0 Å². The second kappa shape index (κ2) is 10.0. The molecule has 1 aliphatic heterocycles. The molecule has 1 atom stereocenters. The van der Waals surface area contributed by atoms with E-state index in [1.54, 1.807) is 6.20 Å². The van der Waals surface area contributed by atoms with Crippen LogP contribution in [0.2, 0.25) is 5.02 Å². The summed E-state index contributed by atoms with van der Waals surface area (Å²) in [4.78, 5) is 6.87. The van der Waals surface area contributed by atoms with Crippen LogP contribution >= 0.6 is 35.6 Å². The lowest BCUT2D eigenvalue weighted by Crippen LogP contribution is -2.38. The first-order chi connectivity index (χ1) is 11.7. The van der Waals surface area contributed by atoms with E-state index in [4.69, 9.17) is 17.3 Å². The Morgan fingerprint density at radius 3 is 2.44 bits per heavy atom. The lowest BCUT2D eigenvalue weighted by molar-refractivity contribution is 0.425. The zero-order valence-corrected chi connectivity index (χ0v) is 17.3. The number of hydrogen-bond donors (Lipinski definition) is 1. The van der Waals surface area contributed by atoms with Crippen LogP contribution in [0.4, 0.5) is 0 Å². The summed E-state index contributed by atoms with van der Waals surface area (Å²) in [5.74, 6) is 0.642. The molecule has 0 saturated carbocycles. The highest BCUT2D eigenvalue weighted by Crippen LogP contribution is 2.20. The lowest BCUT2D eigenvalue weighted by atomic mass is 10.1. The van der Waals surface area contributed by atoms with Crippen LogP contribution in [-0.2, 0) is 0 Å². The standard InChI is InChI=1S/C18H24ClN5.HI/c19-16-8-6-15(7-9-16)17(24-13-5-10-22-24)14-21-18(20)23-11-3-1-2-4-12-23;/h5-10,13,17H,1-4,11-12,14H2,(H2,20,21);1H. The molecular formula is C18H25ClIN5. The van der Waals surface area contributed by atoms with E-state index < -0.39 is 0 Å². The van der Waals surface area contributed by atoms with Crippen LogP contribution in [0, 0.1) is 0 Å². The predicted octanol–water partition coefficient (Wildman–Crippen LogP) is 3.93. The predicted molar refractivity (Wildman–Crippen MR) is 114 cm³/mol. The molecular weight excluding hydrogens is 449 g/mol. The van der Waals surface area contributed by atoms with Crippen molar-refractivity contribution in [3.8, 4) is 0 Å². The van der Waals surface area contributed by atoms with Gasteiger partial charge in [-0.25, -0.2) is 0 Å². The van der Waals surface area contributed by atoms with Crippen molar-refractivity contribution in [3.63, 3.8) is 0 Å². The molecule has 7 heteroatoms. The zero-order valence-electron chi connectivity index (χ0n) is 14.2. The van der Waals surface area contributed by atoms with Gasteiger partial charge in [0.15, 0.2) is 5.96 Å². The van der Waals surface area contributed by atoms with Gasteiger partial charge in [0.2, 0.25) is 0 Å². The van der Waals surface area contributed by atoms with Gasteiger partial charge in [0.25, 0.3) is 0 Å². The van der Waals surface area contributed by atoms with Crippen molar-refractivity contribution in [2.45, 2.75) is 31.7 Å². The summed E-state index contributed by atoms with van der Waals surface area (Å²) >= 11 is 6.01. The van der Waals surface area contributed by atoms with E-state index in [0.717, 1.165) is 23.7 Å². The minimum atomic E-state index is 0. The third-order valence-corrected chi connectivity index (χ3v) is 4.71. The fourth-order valence-electron chi connectivity index (χ4n) is 3.07. The third kappa shape index (κ3) is 5.60. The number of hydrogen-bond acceptors (Lipinski definition) is 2. The molecule has 1 aromatic heterocycles. The Balaban J connectivity index is 0.00000225. The topological polar surface area (TPSA) is 59.4 Å². The fraction of sp³-hybridized carbons (Fsp3) is 0.444. The molecule has 3 rings (SSSR count). The Hall–Kier alpha value is -1.28. The van der Waals surface area contributed by atoms with Crippen LogP contribution in [0.1, 0.15) is 37.3 Å². The first-order valence-electron chi connectivity index (χ1n) is 8.53. The van der Waals surface area contributed by atoms with Gasteiger partial charge in [0.1, 0.15) is 0 Å². The van der Waals surface area contributed by atoms with E-state index in [1.807, 2.05) is 41.2 Å². The van der Waals surface area contributed by atoms with Crippen molar-refractivity contribution in [2.24, 2.45) is 10.7 Å². The summed E-state index contributed by atoms with van der Waals surface area (Å²) in [6, 6.07) is 9.77. The average molecular weight is 474 g/mol. The maximum Gasteiger partial charge on any atom is 0.191 e. The summed E-state index contributed by atoms with van der Waals surface area (Å²) in [5.41, 5.74) is 7.37. The molecule has 1 aromatic carbocycles. The van der Waals surface area contributed by atoms with E-state index >= 15 is 0 Å². The lowest BCUT2D eigenvalue weighted by Gasteiger charge is -2.22. The van der Waals surface area contributed by atoms with Crippen LogP contribution in [0.3, 0.4) is 0 Å². The maximum atomic E-state index is 6.25. The van der Waals surface area contributed by atoms with Crippen molar-refractivity contribution in [1.29, 1.82) is 0 Å². The fourth-order valence-corrected chi connectivity index (χ4v) is 3.20. The quantitative estimate of drug-likeness (QED) is 0.416. The SMILES string of the molecule is I.NC(=NCC(c1ccc(Cl)cc1)n1cccn1)N1CCCCCC1. The molecule has 1 fully saturated rings. The number of nitrogens with zero attached hydrogens (tertiary/aromatic N) is 4. The number of halogens is 2. The highest BCUT2D eigenvalue weighted by molar-refractivity contribution is 14.0. The van der Waals surface area contributed by atoms with Gasteiger partial charge in [-0.2, -0.15) is 5.10 Å². The minimum Gasteiger partial charge on any atom is -0.370 e. The van der Waals surface area contributed by atoms with Gasteiger partial charge in [-0.15, -0.1) is 24.0 Å². The largest absolute Gasteiger partial charge is 0.370 e. The normalized spacial score (nSPS) is 16.8. The van der Waals surface area contributed by atoms with Crippen molar-refractivity contribution >= 4 is 41.5 Å². The number of aliphatic imine (C=N–C) groups is 1. The van der Waals surface area contributed by atoms with Crippen molar-refractivity contribution < 1.29 is 0 Å². The van der Waals surface area contributed by atoms with Gasteiger partial charge in [0.05, 0.1) is 12.6 Å². The average Bonchev–Trinajstić information content (AvgIpc) is 2.98. The molecule has 2 aromatic rings. The number of likely N-dealkylation sites (tertiary alicyclic amines) is 1. The Labute approximate surface area is 171 Å². The van der Waals surface area contributed by atoms with Gasteiger partial charge >= 0.3 is 0 Å². The summed E-state index contributed by atoms with van der Waals surface area (Å²) in [5, 5.41) is 5.11. The minimum absolute atomic E-state index is 0. The molecule has 2 heterocycles. The molecule has 0 bridgehead atoms. The number of benzene rings is 1. The molecule has 2 N–H and O–H groups in total. The second-order valence-corrected chi connectivity index (χ2v) is 6.59. The molecule has 136 valence electrons. The van der Waals surface area contributed by atoms with E-state index in [2.05, 4.69) is 15.0 Å². The molecule has 5 nitrogen and oxygen atoms in total. The van der Waals surface area contributed by atoms with Gasteiger partial charge in [-0.3, -0.25) is 9.67 Å². The first kappa shape index (κ1) is 20.0. The van der Waals surface area contributed by atoms with Crippen molar-refractivity contribution in [2.75, 3.05) is 19.6 Å². The smallest absolute Gasteiger partial charge is 0.191 e. The highest BCUT2D eigenvalue weighted by Gasteiger charge is 2.16. The number of rotatable bonds is 4. The molecule has 0 amide bonds. The van der Waals surface area contributed by atoms with E-state index in [-0.39, 0.29) is 30.0 Å². The van der Waals surface area contributed by atoms with Crippen LogP contribution in [0.25, 0.3) is 0 Å². The summed E-state index contributed by atoms with van der Waals surface area (Å²) < 4.78 is 1.92. The highest BCUT2D eigenvalue weighted by atomic mass is 127. The van der Waals surface area contributed by atoms with Crippen molar-refractivity contribution in [1.82, 2.24) is 14.7 Å². The Morgan fingerprint density at radius 1 is 1.16 bits per heavy atom. The molecule has 0 radical (unpaired) electrons. The van der Waals surface area contributed by atoms with E-state index in [1.165, 1.54) is 25.7 Å². The van der Waals surface area contributed by atoms with E-state index in [9.17, 15) is 0 Å². The van der Waals surface area contributed by atoms with E-state index in [0.29, 0.717) is 12.5 Å². The zero-order chi connectivity index (χ0) is 16.8. The van der Waals surface area contributed by atoms with Crippen LogP contribution in [0.15, 0.2) is 47.7 Å². The Bertz CT molecular complexity index is 649. The Kier molecular flexibility index (Phi) is 8.02. The second-order valence-electron chi connectivity index (χ2n) is 6.15. The summed E-state index contributed by atoms with van der Waals surface area (Å²) in [6.07, 6.45) is 8.68. The summed E-state index contributed by atoms with van der Waals surface area (Å²) in [6.45, 7) is 2.57. The van der Waals surface area contributed by atoms with Crippen LogP contribution < -0.4 is 5.73 Å². The summed E-state index contributed by atoms with van der Waals surface area (Å²) in [7, 11) is 0. The van der Waals surface area contributed by atoms with Gasteiger partial charge < -0.3 is 10.6 Å². The van der Waals surface area contributed by atoms with Crippen molar-refractivity contribution in [3.05, 3.63) is 53.3 Å². The number of nitrogens with two attached hydrogens (primary N) is 1. The molecule has 25 heavy (non-hydrogen) atoms. The molecule has 0 aliphatic carbocycles. The maximum absolute atomic E-state index is 6.25. The number of guanidine groups is 1. The monoisotopic (exact) mass is 473 g/mol. The number of aromatic nitrogens is 2. The first-order valence-corrected chi connectivity index (χ1v) is 8.91. The molecule has 0 spiro atoms. The van der Waals surface area contributed by atoms with Gasteiger partial charge in [-0.1, -0.05) is 36.6 Å². The third-order valence-electron chi connectivity index (χ3n) is 4.46. The Morgan fingerprint density at radius 2 is 1.84 bits per heavy atom. The van der Waals surface area contributed by atoms with Crippen LogP contribution in [-0.4, -0.2) is 40.3 Å². The molecule has 1 aliphatic rings. The molecule has 1 saturated heterocycles. The van der Waals surface area contributed by atoms with Gasteiger partial charge in [0, 0.05) is 30.5 Å². The molecule has 1 unspecified atom stereocenters.